The zero-order valence-corrected chi connectivity index (χ0v) is 7.94. The van der Waals surface area contributed by atoms with Crippen molar-refractivity contribution >= 4 is 0 Å². The maximum absolute atomic E-state index is 13.0. The molecule has 0 aliphatic heterocycles. The number of rotatable bonds is 6. The molecule has 11 heavy (non-hydrogen) atoms. The normalized spacial score (nSPS) is 13.9. The molecule has 0 spiro atoms. The van der Waals surface area contributed by atoms with Crippen LogP contribution in [-0.2, 0) is 0 Å². The summed E-state index contributed by atoms with van der Waals surface area (Å²) >= 11 is 0. The first-order valence-corrected chi connectivity index (χ1v) is 4.64. The molecular formula is C9H20FN. The van der Waals surface area contributed by atoms with Crippen LogP contribution in [-0.4, -0.2) is 17.7 Å². The third kappa shape index (κ3) is 5.19. The van der Waals surface area contributed by atoms with Gasteiger partial charge >= 0.3 is 0 Å². The van der Waals surface area contributed by atoms with Crippen molar-refractivity contribution < 1.29 is 4.48 Å². The largest absolute Gasteiger partial charge is 0.144 e. The summed E-state index contributed by atoms with van der Waals surface area (Å²) in [6.07, 6.45) is 4.05. The lowest BCUT2D eigenvalue weighted by Gasteiger charge is -2.18. The van der Waals surface area contributed by atoms with Gasteiger partial charge in [-0.3, -0.25) is 0 Å². The molecule has 0 aliphatic carbocycles. The van der Waals surface area contributed by atoms with Gasteiger partial charge in [-0.05, 0) is 19.8 Å². The van der Waals surface area contributed by atoms with Gasteiger partial charge in [0, 0.05) is 12.6 Å². The number of hydrogen-bond donors (Lipinski definition) is 0. The molecule has 0 amide bonds. The van der Waals surface area contributed by atoms with Gasteiger partial charge in [-0.25, -0.2) is 0 Å². The van der Waals surface area contributed by atoms with Crippen LogP contribution in [0.2, 0.25) is 0 Å². The van der Waals surface area contributed by atoms with Crippen LogP contribution < -0.4 is 0 Å². The molecule has 0 aromatic rings. The predicted molar refractivity (Wildman–Crippen MR) is 47.1 cm³/mol. The summed E-state index contributed by atoms with van der Waals surface area (Å²) < 4.78 is 13.0. The van der Waals surface area contributed by atoms with Gasteiger partial charge in [-0.1, -0.05) is 26.7 Å². The zero-order valence-electron chi connectivity index (χ0n) is 7.94. The topological polar surface area (TPSA) is 3.24 Å². The van der Waals surface area contributed by atoms with Gasteiger partial charge < -0.3 is 0 Å². The Morgan fingerprint density at radius 1 is 1.27 bits per heavy atom. The number of nitrogens with zero attached hydrogens (tertiary/aromatic N) is 1. The molecule has 68 valence electrons. The van der Waals surface area contributed by atoms with Crippen LogP contribution in [0.4, 0.5) is 4.48 Å². The van der Waals surface area contributed by atoms with Gasteiger partial charge in [0.15, 0.2) is 0 Å². The molecule has 2 heteroatoms. The monoisotopic (exact) mass is 161 g/mol. The number of halogens is 1. The molecule has 0 saturated heterocycles. The van der Waals surface area contributed by atoms with E-state index in [1.54, 1.807) is 0 Å². The van der Waals surface area contributed by atoms with E-state index in [0.717, 1.165) is 30.8 Å². The highest BCUT2D eigenvalue weighted by molar-refractivity contribution is 4.57. The summed E-state index contributed by atoms with van der Waals surface area (Å²) in [5, 5.41) is 0.965. The summed E-state index contributed by atoms with van der Waals surface area (Å²) in [6, 6.07) is 0.103. The van der Waals surface area contributed by atoms with E-state index in [2.05, 4.69) is 13.8 Å². The van der Waals surface area contributed by atoms with Crippen LogP contribution in [0.25, 0.3) is 0 Å². The first kappa shape index (κ1) is 10.9. The van der Waals surface area contributed by atoms with Crippen LogP contribution in [0.15, 0.2) is 0 Å². The Bertz CT molecular complexity index is 85.6. The lowest BCUT2D eigenvalue weighted by atomic mass is 10.2. The quantitative estimate of drug-likeness (QED) is 0.541. The van der Waals surface area contributed by atoms with E-state index in [4.69, 9.17) is 0 Å². The third-order valence-electron chi connectivity index (χ3n) is 1.91. The minimum atomic E-state index is 0.103. The summed E-state index contributed by atoms with van der Waals surface area (Å²) in [4.78, 5) is 0. The first-order valence-electron chi connectivity index (χ1n) is 4.64. The van der Waals surface area contributed by atoms with Gasteiger partial charge in [-0.15, -0.1) is 9.60 Å². The van der Waals surface area contributed by atoms with Gasteiger partial charge in [0.2, 0.25) is 0 Å². The third-order valence-corrected chi connectivity index (χ3v) is 1.91. The molecule has 1 unspecified atom stereocenters. The second kappa shape index (κ2) is 6.59. The SMILES string of the molecule is CCCCN(F)C(C)CCC. The van der Waals surface area contributed by atoms with Crippen LogP contribution in [0.5, 0.6) is 0 Å². The van der Waals surface area contributed by atoms with Crippen molar-refractivity contribution in [2.45, 2.75) is 52.5 Å². The van der Waals surface area contributed by atoms with Crippen molar-refractivity contribution in [3.05, 3.63) is 0 Å². The molecule has 0 bridgehead atoms. The van der Waals surface area contributed by atoms with E-state index >= 15 is 0 Å². The zero-order chi connectivity index (χ0) is 8.69. The lowest BCUT2D eigenvalue weighted by Crippen LogP contribution is -2.25. The molecule has 0 saturated carbocycles. The van der Waals surface area contributed by atoms with Gasteiger partial charge in [0.05, 0.1) is 0 Å². The van der Waals surface area contributed by atoms with Gasteiger partial charge in [0.1, 0.15) is 0 Å². The summed E-state index contributed by atoms with van der Waals surface area (Å²) in [5.41, 5.74) is 0. The van der Waals surface area contributed by atoms with Gasteiger partial charge in [0.25, 0.3) is 0 Å². The standard InChI is InChI=1S/C9H20FN/c1-4-6-8-11(10)9(3)7-5-2/h9H,4-8H2,1-3H3. The van der Waals surface area contributed by atoms with E-state index in [1.807, 2.05) is 6.92 Å². The molecule has 0 aliphatic rings. The first-order chi connectivity index (χ1) is 5.22. The highest BCUT2D eigenvalue weighted by Gasteiger charge is 2.10. The second-order valence-corrected chi connectivity index (χ2v) is 3.11. The fourth-order valence-electron chi connectivity index (χ4n) is 1.09. The van der Waals surface area contributed by atoms with E-state index in [0.29, 0.717) is 6.54 Å². The highest BCUT2D eigenvalue weighted by Crippen LogP contribution is 2.07. The Balaban J connectivity index is 3.38. The molecule has 0 fully saturated rings. The minimum absolute atomic E-state index is 0.103. The maximum Gasteiger partial charge on any atom is 0.0374 e. The Hall–Kier alpha value is -0.110. The Labute approximate surface area is 69.5 Å². The van der Waals surface area contributed by atoms with Crippen molar-refractivity contribution in [1.29, 1.82) is 0 Å². The molecule has 0 rings (SSSR count). The average molecular weight is 161 g/mol. The average Bonchev–Trinajstić information content (AvgIpc) is 2.00. The molecular weight excluding hydrogens is 141 g/mol. The van der Waals surface area contributed by atoms with Crippen molar-refractivity contribution in [3.63, 3.8) is 0 Å². The van der Waals surface area contributed by atoms with Crippen LogP contribution in [0.1, 0.15) is 46.5 Å². The van der Waals surface area contributed by atoms with E-state index in [-0.39, 0.29) is 6.04 Å². The van der Waals surface area contributed by atoms with E-state index in [1.165, 1.54) is 0 Å². The second-order valence-electron chi connectivity index (χ2n) is 3.11. The fraction of sp³-hybridized carbons (Fsp3) is 1.00. The lowest BCUT2D eigenvalue weighted by molar-refractivity contribution is -0.0193. The molecule has 1 nitrogen and oxygen atoms in total. The van der Waals surface area contributed by atoms with Crippen molar-refractivity contribution in [3.8, 4) is 0 Å². The Kier molecular flexibility index (Phi) is 6.52. The number of hydrogen-bond acceptors (Lipinski definition) is 1. The Morgan fingerprint density at radius 3 is 2.36 bits per heavy atom. The molecule has 0 N–H and O–H groups in total. The number of unbranched alkanes of at least 4 members (excludes halogenated alkanes) is 1. The molecule has 0 aromatic carbocycles. The van der Waals surface area contributed by atoms with E-state index in [9.17, 15) is 4.48 Å². The smallest absolute Gasteiger partial charge is 0.0374 e. The van der Waals surface area contributed by atoms with Crippen molar-refractivity contribution in [2.75, 3.05) is 6.54 Å². The van der Waals surface area contributed by atoms with Crippen LogP contribution in [0, 0.1) is 0 Å². The van der Waals surface area contributed by atoms with Gasteiger partial charge in [-0.2, -0.15) is 0 Å². The minimum Gasteiger partial charge on any atom is -0.144 e. The molecule has 0 aromatic heterocycles. The van der Waals surface area contributed by atoms with Crippen LogP contribution in [0.3, 0.4) is 0 Å². The van der Waals surface area contributed by atoms with Crippen molar-refractivity contribution in [2.24, 2.45) is 0 Å². The Morgan fingerprint density at radius 2 is 1.91 bits per heavy atom. The molecule has 0 radical (unpaired) electrons. The predicted octanol–water partition coefficient (Wildman–Crippen LogP) is 3.16. The maximum atomic E-state index is 13.0. The highest BCUT2D eigenvalue weighted by atomic mass is 19.2. The summed E-state index contributed by atoms with van der Waals surface area (Å²) in [6.45, 7) is 6.71. The van der Waals surface area contributed by atoms with Crippen LogP contribution >= 0.6 is 0 Å². The summed E-state index contributed by atoms with van der Waals surface area (Å²) in [5.74, 6) is 0. The fourth-order valence-corrected chi connectivity index (χ4v) is 1.09. The molecule has 1 atom stereocenters. The van der Waals surface area contributed by atoms with Crippen molar-refractivity contribution in [1.82, 2.24) is 5.12 Å². The van der Waals surface area contributed by atoms with E-state index < -0.39 is 0 Å². The molecule has 0 heterocycles. The summed E-state index contributed by atoms with van der Waals surface area (Å²) in [7, 11) is 0.